The molecule has 0 radical (unpaired) electrons. The van der Waals surface area contributed by atoms with Crippen molar-refractivity contribution in [1.82, 2.24) is 5.32 Å². The Morgan fingerprint density at radius 2 is 2.08 bits per heavy atom. The van der Waals surface area contributed by atoms with Gasteiger partial charge in [-0.1, -0.05) is 26.8 Å². The largest absolute Gasteiger partial charge is 0.492 e. The molecule has 1 amide bonds. The van der Waals surface area contributed by atoms with Gasteiger partial charge in [-0.15, -0.1) is 0 Å². The van der Waals surface area contributed by atoms with Gasteiger partial charge in [0.2, 0.25) is 5.91 Å². The first-order chi connectivity index (χ1) is 11.4. The number of hydrogen-bond acceptors (Lipinski definition) is 3. The summed E-state index contributed by atoms with van der Waals surface area (Å²) in [5, 5.41) is 2.82. The Balaban J connectivity index is 1.71. The number of benzene rings is 1. The summed E-state index contributed by atoms with van der Waals surface area (Å²) in [5.74, 6) is 1.55. The lowest BCUT2D eigenvalue weighted by atomic mass is 9.87. The normalized spacial score (nSPS) is 11.3. The van der Waals surface area contributed by atoms with Crippen molar-refractivity contribution in [2.45, 2.75) is 45.6 Å². The third-order valence-electron chi connectivity index (χ3n) is 3.64. The summed E-state index contributed by atoms with van der Waals surface area (Å²) in [7, 11) is 0. The lowest BCUT2D eigenvalue weighted by Gasteiger charge is -2.20. The number of nitrogens with one attached hydrogen (secondary N) is 1. The first kappa shape index (κ1) is 18.6. The highest BCUT2D eigenvalue weighted by Crippen LogP contribution is 2.31. The fraction of sp³-hybridized carbons (Fsp3) is 0.421. The molecule has 0 aliphatic rings. The van der Waals surface area contributed by atoms with E-state index in [2.05, 4.69) is 54.2 Å². The Labute approximate surface area is 151 Å². The molecule has 0 atom stereocenters. The van der Waals surface area contributed by atoms with Crippen molar-refractivity contribution < 1.29 is 13.9 Å². The molecule has 130 valence electrons. The zero-order valence-electron chi connectivity index (χ0n) is 14.4. The molecule has 1 N–H and O–H groups in total. The molecule has 0 spiro atoms. The molecule has 0 saturated carbocycles. The standard InChI is InChI=1S/C19H24BrNO3/c1-19(2,3)14-8-9-17(16(20)12-14)24-11-5-7-18(22)21-13-15-6-4-10-23-15/h4,6,8-10,12H,5,7,11,13H2,1-3H3,(H,21,22). The number of rotatable bonds is 7. The monoisotopic (exact) mass is 393 g/mol. The average molecular weight is 394 g/mol. The van der Waals surface area contributed by atoms with E-state index >= 15 is 0 Å². The van der Waals surface area contributed by atoms with Crippen molar-refractivity contribution in [3.63, 3.8) is 0 Å². The third-order valence-corrected chi connectivity index (χ3v) is 4.26. The fourth-order valence-corrected chi connectivity index (χ4v) is 2.68. The van der Waals surface area contributed by atoms with Crippen molar-refractivity contribution in [2.75, 3.05) is 6.61 Å². The van der Waals surface area contributed by atoms with Gasteiger partial charge in [-0.25, -0.2) is 0 Å². The first-order valence-corrected chi connectivity index (χ1v) is 8.87. The number of carbonyl (C=O) groups is 1. The second-order valence-electron chi connectivity index (χ2n) is 6.70. The number of carbonyl (C=O) groups excluding carboxylic acids is 1. The molecule has 1 aromatic heterocycles. The van der Waals surface area contributed by atoms with Crippen LogP contribution in [0.1, 0.15) is 44.9 Å². The van der Waals surface area contributed by atoms with Crippen molar-refractivity contribution in [3.05, 3.63) is 52.4 Å². The summed E-state index contributed by atoms with van der Waals surface area (Å²) in [4.78, 5) is 11.8. The van der Waals surface area contributed by atoms with Crippen LogP contribution >= 0.6 is 15.9 Å². The molecule has 0 saturated heterocycles. The van der Waals surface area contributed by atoms with Crippen LogP contribution in [0.25, 0.3) is 0 Å². The Kier molecular flexibility index (Phi) is 6.49. The van der Waals surface area contributed by atoms with Gasteiger partial charge in [-0.3, -0.25) is 4.79 Å². The van der Waals surface area contributed by atoms with E-state index in [-0.39, 0.29) is 11.3 Å². The van der Waals surface area contributed by atoms with Crippen molar-refractivity contribution in [3.8, 4) is 5.75 Å². The molecule has 0 bridgehead atoms. The number of halogens is 1. The van der Waals surface area contributed by atoms with Crippen LogP contribution in [0.5, 0.6) is 5.75 Å². The molecular formula is C19H24BrNO3. The molecule has 0 aliphatic carbocycles. The summed E-state index contributed by atoms with van der Waals surface area (Å²) >= 11 is 3.55. The summed E-state index contributed by atoms with van der Waals surface area (Å²) in [5.41, 5.74) is 1.35. The van der Waals surface area contributed by atoms with Crippen LogP contribution in [0.15, 0.2) is 45.5 Å². The highest BCUT2D eigenvalue weighted by Gasteiger charge is 2.15. The second kappa shape index (κ2) is 8.38. The zero-order chi connectivity index (χ0) is 17.6. The Morgan fingerprint density at radius 1 is 1.29 bits per heavy atom. The minimum absolute atomic E-state index is 0.00264. The van der Waals surface area contributed by atoms with Gasteiger partial charge in [0.1, 0.15) is 11.5 Å². The van der Waals surface area contributed by atoms with Crippen LogP contribution < -0.4 is 10.1 Å². The van der Waals surface area contributed by atoms with Gasteiger partial charge in [0.25, 0.3) is 0 Å². The smallest absolute Gasteiger partial charge is 0.220 e. The van der Waals surface area contributed by atoms with Crippen molar-refractivity contribution in [1.29, 1.82) is 0 Å². The Hall–Kier alpha value is -1.75. The van der Waals surface area contributed by atoms with Gasteiger partial charge in [-0.2, -0.15) is 0 Å². The van der Waals surface area contributed by atoms with E-state index in [1.165, 1.54) is 5.56 Å². The summed E-state index contributed by atoms with van der Waals surface area (Å²) in [6.07, 6.45) is 2.69. The van der Waals surface area contributed by atoms with E-state index in [9.17, 15) is 4.79 Å². The van der Waals surface area contributed by atoms with Crippen LogP contribution in [0, 0.1) is 0 Å². The maximum Gasteiger partial charge on any atom is 0.220 e. The van der Waals surface area contributed by atoms with Gasteiger partial charge in [-0.05, 0) is 57.6 Å². The van der Waals surface area contributed by atoms with Crippen LogP contribution in [-0.4, -0.2) is 12.5 Å². The molecule has 2 rings (SSSR count). The molecule has 1 heterocycles. The predicted molar refractivity (Wildman–Crippen MR) is 98.1 cm³/mol. The molecule has 5 heteroatoms. The second-order valence-corrected chi connectivity index (χ2v) is 7.56. The van der Waals surface area contributed by atoms with Gasteiger partial charge < -0.3 is 14.5 Å². The maximum absolute atomic E-state index is 11.8. The van der Waals surface area contributed by atoms with Gasteiger partial charge in [0.15, 0.2) is 0 Å². The summed E-state index contributed by atoms with van der Waals surface area (Å²) in [6.45, 7) is 7.46. The summed E-state index contributed by atoms with van der Waals surface area (Å²) in [6, 6.07) is 9.78. The minimum atomic E-state index is -0.00264. The summed E-state index contributed by atoms with van der Waals surface area (Å²) < 4.78 is 11.9. The van der Waals surface area contributed by atoms with Gasteiger partial charge >= 0.3 is 0 Å². The highest BCUT2D eigenvalue weighted by atomic mass is 79.9. The third kappa shape index (κ3) is 5.71. The molecular weight excluding hydrogens is 370 g/mol. The van der Waals surface area contributed by atoms with Gasteiger partial charge in [0.05, 0.1) is 23.9 Å². The lowest BCUT2D eigenvalue weighted by molar-refractivity contribution is -0.121. The maximum atomic E-state index is 11.8. The molecule has 2 aromatic rings. The van der Waals surface area contributed by atoms with Crippen LogP contribution in [0.2, 0.25) is 0 Å². The van der Waals surface area contributed by atoms with E-state index < -0.39 is 0 Å². The molecule has 4 nitrogen and oxygen atoms in total. The number of furan rings is 1. The van der Waals surface area contributed by atoms with Crippen molar-refractivity contribution in [2.24, 2.45) is 0 Å². The predicted octanol–water partition coefficient (Wildman–Crippen LogP) is 4.82. The minimum Gasteiger partial charge on any atom is -0.492 e. The molecule has 0 aliphatic heterocycles. The van der Waals surface area contributed by atoms with E-state index in [0.717, 1.165) is 16.0 Å². The van der Waals surface area contributed by atoms with Crippen LogP contribution in [0.4, 0.5) is 0 Å². The first-order valence-electron chi connectivity index (χ1n) is 8.08. The molecule has 1 aromatic carbocycles. The number of hydrogen-bond donors (Lipinski definition) is 1. The van der Waals surface area contributed by atoms with Gasteiger partial charge in [0, 0.05) is 6.42 Å². The lowest BCUT2D eigenvalue weighted by Crippen LogP contribution is -2.22. The zero-order valence-corrected chi connectivity index (χ0v) is 16.0. The molecule has 0 unspecified atom stereocenters. The topological polar surface area (TPSA) is 51.5 Å². The van der Waals surface area contributed by atoms with Crippen LogP contribution in [0.3, 0.4) is 0 Å². The van der Waals surface area contributed by atoms with E-state index in [1.54, 1.807) is 12.3 Å². The van der Waals surface area contributed by atoms with Crippen molar-refractivity contribution >= 4 is 21.8 Å². The van der Waals surface area contributed by atoms with E-state index in [1.807, 2.05) is 12.1 Å². The molecule has 0 fully saturated rings. The molecule has 24 heavy (non-hydrogen) atoms. The Morgan fingerprint density at radius 3 is 2.71 bits per heavy atom. The number of ether oxygens (including phenoxy) is 1. The van der Waals surface area contributed by atoms with E-state index in [0.29, 0.717) is 26.0 Å². The average Bonchev–Trinajstić information content (AvgIpc) is 3.03. The quantitative estimate of drug-likeness (QED) is 0.686. The number of amides is 1. The van der Waals surface area contributed by atoms with Crippen LogP contribution in [-0.2, 0) is 16.8 Å². The Bertz CT molecular complexity index is 660. The highest BCUT2D eigenvalue weighted by molar-refractivity contribution is 9.10. The fourth-order valence-electron chi connectivity index (χ4n) is 2.19. The SMILES string of the molecule is CC(C)(C)c1ccc(OCCCC(=O)NCc2ccco2)c(Br)c1. The van der Waals surface area contributed by atoms with E-state index in [4.69, 9.17) is 9.15 Å².